The summed E-state index contributed by atoms with van der Waals surface area (Å²) in [6, 6.07) is 6.92. The molecule has 2 heterocycles. The second-order valence-corrected chi connectivity index (χ2v) is 7.48. The Morgan fingerprint density at radius 2 is 1.88 bits per heavy atom. The Hall–Kier alpha value is -1.70. The molecule has 0 spiro atoms. The van der Waals surface area contributed by atoms with Crippen molar-refractivity contribution in [1.82, 2.24) is 4.90 Å². The smallest absolute Gasteiger partial charge is 0.268 e. The number of halogens is 1. The van der Waals surface area contributed by atoms with E-state index in [2.05, 4.69) is 0 Å². The quantitative estimate of drug-likeness (QED) is 0.782. The molecule has 26 heavy (non-hydrogen) atoms. The second kappa shape index (κ2) is 8.79. The van der Waals surface area contributed by atoms with Crippen LogP contribution in [0.3, 0.4) is 0 Å². The van der Waals surface area contributed by atoms with Gasteiger partial charge in [0.25, 0.3) is 5.91 Å². The Bertz CT molecular complexity index is 702. The maximum Gasteiger partial charge on any atom is 0.268 e. The third-order valence-electron chi connectivity index (χ3n) is 4.20. The summed E-state index contributed by atoms with van der Waals surface area (Å²) >= 11 is 7.43. The average Bonchev–Trinajstić information content (AvgIpc) is 2.67. The number of carbonyl (C=O) groups is 2. The standard InChI is InChI=1S/C18H21ClN2O4S/c1-13-17(26-11-10-25-13)18(23)21(15-4-2-14(19)3-5-15)12-16(22)20-6-8-24-9-7-20/h2-5H,6-12H2,1H3. The van der Waals surface area contributed by atoms with Crippen LogP contribution in [0.5, 0.6) is 0 Å². The van der Waals surface area contributed by atoms with Gasteiger partial charge in [0.05, 0.1) is 19.8 Å². The molecule has 1 aromatic carbocycles. The van der Waals surface area contributed by atoms with Gasteiger partial charge in [0, 0.05) is 29.6 Å². The minimum Gasteiger partial charge on any atom is -0.496 e. The first-order valence-corrected chi connectivity index (χ1v) is 9.82. The van der Waals surface area contributed by atoms with E-state index in [1.54, 1.807) is 36.1 Å². The molecule has 0 unspecified atom stereocenters. The van der Waals surface area contributed by atoms with Crippen molar-refractivity contribution in [1.29, 1.82) is 0 Å². The Labute approximate surface area is 162 Å². The Morgan fingerprint density at radius 1 is 1.19 bits per heavy atom. The molecule has 1 saturated heterocycles. The molecule has 0 radical (unpaired) electrons. The summed E-state index contributed by atoms with van der Waals surface area (Å²) in [6.45, 7) is 4.47. The summed E-state index contributed by atoms with van der Waals surface area (Å²) in [7, 11) is 0. The number of rotatable bonds is 4. The lowest BCUT2D eigenvalue weighted by atomic mass is 10.2. The number of carbonyl (C=O) groups excluding carboxylic acids is 2. The molecule has 8 heteroatoms. The number of anilines is 1. The van der Waals surface area contributed by atoms with Crippen molar-refractivity contribution in [2.24, 2.45) is 0 Å². The van der Waals surface area contributed by atoms with E-state index in [1.807, 2.05) is 0 Å². The van der Waals surface area contributed by atoms with Crippen molar-refractivity contribution < 1.29 is 19.1 Å². The average molecular weight is 397 g/mol. The van der Waals surface area contributed by atoms with E-state index in [-0.39, 0.29) is 18.4 Å². The van der Waals surface area contributed by atoms with E-state index in [0.717, 1.165) is 0 Å². The summed E-state index contributed by atoms with van der Waals surface area (Å²) in [5, 5.41) is 0.575. The molecule has 140 valence electrons. The normalized spacial score (nSPS) is 17.7. The molecule has 2 amide bonds. The molecule has 0 saturated carbocycles. The van der Waals surface area contributed by atoms with Crippen molar-refractivity contribution in [3.63, 3.8) is 0 Å². The van der Waals surface area contributed by atoms with Crippen LogP contribution in [-0.2, 0) is 19.1 Å². The lowest BCUT2D eigenvalue weighted by Gasteiger charge is -2.31. The summed E-state index contributed by atoms with van der Waals surface area (Å²) in [4.78, 5) is 29.6. The predicted molar refractivity (Wildman–Crippen MR) is 102 cm³/mol. The minimum absolute atomic E-state index is 0.0300. The van der Waals surface area contributed by atoms with Gasteiger partial charge in [-0.3, -0.25) is 14.5 Å². The number of ether oxygens (including phenoxy) is 2. The van der Waals surface area contributed by atoms with Gasteiger partial charge in [-0.1, -0.05) is 11.6 Å². The number of hydrogen-bond acceptors (Lipinski definition) is 5. The summed E-state index contributed by atoms with van der Waals surface area (Å²) in [5.74, 6) is 0.987. The van der Waals surface area contributed by atoms with Crippen LogP contribution in [0, 0.1) is 0 Å². The van der Waals surface area contributed by atoms with Gasteiger partial charge < -0.3 is 14.4 Å². The number of morpholine rings is 1. The van der Waals surface area contributed by atoms with Crippen LogP contribution in [0.1, 0.15) is 6.92 Å². The summed E-state index contributed by atoms with van der Waals surface area (Å²) in [6.07, 6.45) is 0. The molecular formula is C18H21ClN2O4S. The second-order valence-electron chi connectivity index (χ2n) is 5.94. The van der Waals surface area contributed by atoms with Crippen molar-refractivity contribution in [3.05, 3.63) is 40.0 Å². The fourth-order valence-corrected chi connectivity index (χ4v) is 3.78. The fraction of sp³-hybridized carbons (Fsp3) is 0.444. The highest BCUT2D eigenvalue weighted by molar-refractivity contribution is 8.04. The van der Waals surface area contributed by atoms with Gasteiger partial charge in [0.2, 0.25) is 5.91 Å². The van der Waals surface area contributed by atoms with Crippen molar-refractivity contribution in [2.75, 3.05) is 50.1 Å². The minimum atomic E-state index is -0.226. The number of allylic oxidation sites excluding steroid dienone is 1. The molecule has 2 aliphatic heterocycles. The molecule has 1 aromatic rings. The van der Waals surface area contributed by atoms with Gasteiger partial charge in [-0.05, 0) is 31.2 Å². The number of hydrogen-bond donors (Lipinski definition) is 0. The van der Waals surface area contributed by atoms with Gasteiger partial charge in [0.15, 0.2) is 0 Å². The molecule has 0 N–H and O–H groups in total. The highest BCUT2D eigenvalue weighted by Crippen LogP contribution is 2.29. The summed E-state index contributed by atoms with van der Waals surface area (Å²) in [5.41, 5.74) is 0.632. The van der Waals surface area contributed by atoms with Gasteiger partial charge in [-0.2, -0.15) is 0 Å². The number of nitrogens with zero attached hydrogens (tertiary/aromatic N) is 2. The van der Waals surface area contributed by atoms with Gasteiger partial charge in [0.1, 0.15) is 17.2 Å². The molecule has 1 fully saturated rings. The van der Waals surface area contributed by atoms with Crippen LogP contribution in [0.15, 0.2) is 34.9 Å². The van der Waals surface area contributed by atoms with Crippen molar-refractivity contribution in [3.8, 4) is 0 Å². The van der Waals surface area contributed by atoms with Crippen LogP contribution >= 0.6 is 23.4 Å². The lowest BCUT2D eigenvalue weighted by molar-refractivity contribution is -0.134. The molecular weight excluding hydrogens is 376 g/mol. The molecule has 0 aliphatic carbocycles. The molecule has 3 rings (SSSR count). The van der Waals surface area contributed by atoms with E-state index in [9.17, 15) is 9.59 Å². The largest absolute Gasteiger partial charge is 0.496 e. The maximum atomic E-state index is 13.2. The fourth-order valence-electron chi connectivity index (χ4n) is 2.79. The zero-order valence-corrected chi connectivity index (χ0v) is 16.1. The van der Waals surface area contributed by atoms with Crippen LogP contribution < -0.4 is 4.90 Å². The van der Waals surface area contributed by atoms with E-state index in [1.165, 1.54) is 16.7 Å². The van der Waals surface area contributed by atoms with E-state index in [4.69, 9.17) is 21.1 Å². The number of benzene rings is 1. The van der Waals surface area contributed by atoms with Crippen molar-refractivity contribution in [2.45, 2.75) is 6.92 Å². The molecule has 0 atom stereocenters. The Balaban J connectivity index is 1.85. The zero-order valence-electron chi connectivity index (χ0n) is 14.6. The van der Waals surface area contributed by atoms with Gasteiger partial charge in [-0.15, -0.1) is 11.8 Å². The van der Waals surface area contributed by atoms with E-state index >= 15 is 0 Å². The monoisotopic (exact) mass is 396 g/mol. The Morgan fingerprint density at radius 3 is 2.54 bits per heavy atom. The zero-order chi connectivity index (χ0) is 18.5. The SMILES string of the molecule is CC1=C(C(=O)N(CC(=O)N2CCOCC2)c2ccc(Cl)cc2)SCCO1. The highest BCUT2D eigenvalue weighted by atomic mass is 35.5. The third kappa shape index (κ3) is 4.52. The number of thioether (sulfide) groups is 1. The van der Waals surface area contributed by atoms with Crippen LogP contribution in [-0.4, -0.2) is 61.9 Å². The Kier molecular flexibility index (Phi) is 6.45. The van der Waals surface area contributed by atoms with Crippen LogP contribution in [0.25, 0.3) is 0 Å². The third-order valence-corrected chi connectivity index (χ3v) is 5.58. The number of amides is 2. The summed E-state index contributed by atoms with van der Waals surface area (Å²) < 4.78 is 10.8. The maximum absolute atomic E-state index is 13.2. The molecule has 0 aromatic heterocycles. The highest BCUT2D eigenvalue weighted by Gasteiger charge is 2.29. The molecule has 2 aliphatic rings. The first-order chi connectivity index (χ1) is 12.6. The molecule has 6 nitrogen and oxygen atoms in total. The first kappa shape index (κ1) is 19.1. The van der Waals surface area contributed by atoms with Crippen LogP contribution in [0.4, 0.5) is 5.69 Å². The lowest BCUT2D eigenvalue weighted by Crippen LogP contribution is -2.47. The first-order valence-electron chi connectivity index (χ1n) is 8.45. The van der Waals surface area contributed by atoms with Gasteiger partial charge in [-0.25, -0.2) is 0 Å². The topological polar surface area (TPSA) is 59.1 Å². The van der Waals surface area contributed by atoms with E-state index in [0.29, 0.717) is 60.0 Å². The predicted octanol–water partition coefficient (Wildman–Crippen LogP) is 2.53. The van der Waals surface area contributed by atoms with Crippen LogP contribution in [0.2, 0.25) is 5.02 Å². The van der Waals surface area contributed by atoms with Gasteiger partial charge >= 0.3 is 0 Å². The van der Waals surface area contributed by atoms with E-state index < -0.39 is 0 Å². The molecule has 0 bridgehead atoms. The van der Waals surface area contributed by atoms with Crippen molar-refractivity contribution >= 4 is 40.9 Å².